The first-order valence-corrected chi connectivity index (χ1v) is 19.9. The number of benzene rings is 5. The molecule has 5 aromatic carbocycles. The Morgan fingerprint density at radius 2 is 0.783 bits per heavy atom. The van der Waals surface area contributed by atoms with Gasteiger partial charge in [0, 0.05) is 19.3 Å². The number of carbonyl (C=O) groups excluding carboxylic acids is 2. The van der Waals surface area contributed by atoms with Gasteiger partial charge in [-0.15, -0.1) is 13.2 Å². The fourth-order valence-corrected chi connectivity index (χ4v) is 5.39. The number of azo groups is 2. The maximum atomic E-state index is 12.9. The molecule has 0 spiro atoms. The normalized spacial score (nSPS) is 11.1. The van der Waals surface area contributed by atoms with Crippen LogP contribution in [-0.4, -0.2) is 51.6 Å². The lowest BCUT2D eigenvalue weighted by Crippen LogP contribution is -2.10. The minimum absolute atomic E-state index is 0.215. The molecular formula is C48H50N4O8. The molecule has 12 heteroatoms. The summed E-state index contributed by atoms with van der Waals surface area (Å²) in [6.07, 6.45) is 9.43. The third kappa shape index (κ3) is 16.2. The van der Waals surface area contributed by atoms with Crippen molar-refractivity contribution in [1.82, 2.24) is 0 Å². The largest absolute Gasteiger partial charge is 0.494 e. The molecule has 310 valence electrons. The zero-order chi connectivity index (χ0) is 42.0. The Bertz CT molecular complexity index is 1990. The van der Waals surface area contributed by atoms with Gasteiger partial charge in [-0.05, 0) is 148 Å². The molecule has 0 saturated carbocycles. The van der Waals surface area contributed by atoms with Crippen LogP contribution >= 0.6 is 0 Å². The molecule has 0 aliphatic carbocycles. The van der Waals surface area contributed by atoms with Crippen molar-refractivity contribution in [3.05, 3.63) is 158 Å². The monoisotopic (exact) mass is 810 g/mol. The fraction of sp³-hybridized carbons (Fsp3) is 0.250. The van der Waals surface area contributed by atoms with Crippen molar-refractivity contribution in [1.29, 1.82) is 0 Å². The molecule has 12 nitrogen and oxygen atoms in total. The fourth-order valence-electron chi connectivity index (χ4n) is 5.39. The Kier molecular flexibility index (Phi) is 18.9. The Balaban J connectivity index is 1.02. The number of hydrogen-bond acceptors (Lipinski definition) is 12. The summed E-state index contributed by atoms with van der Waals surface area (Å²) in [5.41, 5.74) is 3.09. The van der Waals surface area contributed by atoms with Gasteiger partial charge in [-0.3, -0.25) is 0 Å². The van der Waals surface area contributed by atoms with Crippen LogP contribution in [0.25, 0.3) is 0 Å². The third-order valence-electron chi connectivity index (χ3n) is 8.54. The van der Waals surface area contributed by atoms with E-state index in [1.807, 2.05) is 48.5 Å². The second-order valence-electron chi connectivity index (χ2n) is 13.3. The van der Waals surface area contributed by atoms with E-state index >= 15 is 0 Å². The molecule has 0 saturated heterocycles. The van der Waals surface area contributed by atoms with Crippen molar-refractivity contribution in [2.24, 2.45) is 20.5 Å². The molecule has 0 aliphatic rings. The van der Waals surface area contributed by atoms with E-state index in [2.05, 4.69) is 33.6 Å². The molecule has 0 heterocycles. The van der Waals surface area contributed by atoms with Gasteiger partial charge in [0.1, 0.15) is 23.0 Å². The van der Waals surface area contributed by atoms with Gasteiger partial charge in [0.05, 0.1) is 60.3 Å². The van der Waals surface area contributed by atoms with Crippen LogP contribution in [0, 0.1) is 0 Å². The van der Waals surface area contributed by atoms with Crippen molar-refractivity contribution in [3.8, 4) is 23.0 Å². The number of ether oxygens (including phenoxy) is 6. The van der Waals surface area contributed by atoms with Gasteiger partial charge in [0.25, 0.3) is 0 Å². The van der Waals surface area contributed by atoms with Crippen molar-refractivity contribution in [2.45, 2.75) is 38.5 Å². The van der Waals surface area contributed by atoms with Crippen LogP contribution in [0.4, 0.5) is 22.7 Å². The topological polar surface area (TPSA) is 139 Å². The molecule has 0 atom stereocenters. The van der Waals surface area contributed by atoms with E-state index in [-0.39, 0.29) is 11.5 Å². The molecule has 0 fully saturated rings. The summed E-state index contributed by atoms with van der Waals surface area (Å²) in [7, 11) is 0. The average molecular weight is 811 g/mol. The van der Waals surface area contributed by atoms with Gasteiger partial charge >= 0.3 is 11.9 Å². The summed E-state index contributed by atoms with van der Waals surface area (Å²) in [6, 6.07) is 34.1. The number of carbonyl (C=O) groups is 2. The van der Waals surface area contributed by atoms with Crippen molar-refractivity contribution < 1.29 is 38.0 Å². The van der Waals surface area contributed by atoms with Crippen LogP contribution in [0.5, 0.6) is 23.0 Å². The summed E-state index contributed by atoms with van der Waals surface area (Å²) in [6.45, 7) is 11.2. The Hall–Kier alpha value is -6.76. The van der Waals surface area contributed by atoms with E-state index in [1.165, 1.54) is 6.07 Å². The van der Waals surface area contributed by atoms with Crippen LogP contribution in [0.15, 0.2) is 167 Å². The van der Waals surface area contributed by atoms with E-state index < -0.39 is 11.9 Å². The minimum atomic E-state index is -0.583. The highest BCUT2D eigenvalue weighted by Crippen LogP contribution is 2.26. The molecule has 0 bridgehead atoms. The summed E-state index contributed by atoms with van der Waals surface area (Å²) in [5, 5.41) is 17.1. The van der Waals surface area contributed by atoms with Crippen LogP contribution in [0.3, 0.4) is 0 Å². The first-order chi connectivity index (χ1) is 29.5. The van der Waals surface area contributed by atoms with E-state index in [4.69, 9.17) is 28.4 Å². The smallest absolute Gasteiger partial charge is 0.343 e. The van der Waals surface area contributed by atoms with Crippen molar-refractivity contribution >= 4 is 34.7 Å². The molecule has 5 rings (SSSR count). The highest BCUT2D eigenvalue weighted by Gasteiger charge is 2.13. The Labute approximate surface area is 351 Å². The third-order valence-corrected chi connectivity index (χ3v) is 8.54. The molecule has 0 unspecified atom stereocenters. The van der Waals surface area contributed by atoms with Gasteiger partial charge in [0.2, 0.25) is 0 Å². The SMILES string of the molecule is C=CCOCCCCCOc1ccc(N=Nc2ccc(C(=O)Oc3cccc(OC(=O)c4ccc(N=Nc5ccc(OCCCCCOCC=C)cc5)cc4)c3)cc2)cc1. The summed E-state index contributed by atoms with van der Waals surface area (Å²) < 4.78 is 33.5. The average Bonchev–Trinajstić information content (AvgIpc) is 3.28. The maximum absolute atomic E-state index is 12.9. The summed E-state index contributed by atoms with van der Waals surface area (Å²) in [5.74, 6) is 0.797. The van der Waals surface area contributed by atoms with Gasteiger partial charge < -0.3 is 28.4 Å². The quantitative estimate of drug-likeness (QED) is 0.0177. The van der Waals surface area contributed by atoms with E-state index in [0.717, 1.165) is 63.2 Å². The molecule has 0 aliphatic heterocycles. The summed E-state index contributed by atoms with van der Waals surface area (Å²) in [4.78, 5) is 25.8. The number of rotatable bonds is 26. The lowest BCUT2D eigenvalue weighted by molar-refractivity contribution is 0.0732. The number of nitrogens with zero attached hydrogens (tertiary/aromatic N) is 4. The predicted molar refractivity (Wildman–Crippen MR) is 231 cm³/mol. The minimum Gasteiger partial charge on any atom is -0.494 e. The lowest BCUT2D eigenvalue weighted by Gasteiger charge is -2.08. The zero-order valence-corrected chi connectivity index (χ0v) is 33.7. The maximum Gasteiger partial charge on any atom is 0.343 e. The predicted octanol–water partition coefficient (Wildman–Crippen LogP) is 12.5. The molecule has 0 amide bonds. The standard InChI is InChI=1S/C48H50N4O8/c1-3-30-55-32-7-5-9-34-57-43-26-22-41(23-27-43)51-49-39-18-14-37(15-19-39)47(53)59-45-12-11-13-46(36-45)60-48(54)38-16-20-40(21-17-38)50-52-42-24-28-44(29-25-42)58-35-10-6-8-33-56-31-4-2/h3-4,11-29,36H,1-2,5-10,30-35H2. The highest BCUT2D eigenvalue weighted by atomic mass is 16.5. The lowest BCUT2D eigenvalue weighted by atomic mass is 10.2. The van der Waals surface area contributed by atoms with Gasteiger partial charge in [-0.2, -0.15) is 20.5 Å². The van der Waals surface area contributed by atoms with E-state index in [9.17, 15) is 9.59 Å². The first kappa shape index (κ1) is 44.3. The van der Waals surface area contributed by atoms with E-state index in [0.29, 0.717) is 60.3 Å². The first-order valence-electron chi connectivity index (χ1n) is 19.9. The van der Waals surface area contributed by atoms with Crippen molar-refractivity contribution in [2.75, 3.05) is 39.6 Å². The van der Waals surface area contributed by atoms with Gasteiger partial charge in [-0.1, -0.05) is 18.2 Å². The summed E-state index contributed by atoms with van der Waals surface area (Å²) >= 11 is 0. The van der Waals surface area contributed by atoms with Crippen LogP contribution < -0.4 is 18.9 Å². The number of unbranched alkanes of at least 4 members (excludes halogenated alkanes) is 4. The molecule has 0 aromatic heterocycles. The van der Waals surface area contributed by atoms with Crippen LogP contribution in [-0.2, 0) is 9.47 Å². The van der Waals surface area contributed by atoms with Gasteiger partial charge in [0.15, 0.2) is 0 Å². The molecule has 60 heavy (non-hydrogen) atoms. The Morgan fingerprint density at radius 1 is 0.433 bits per heavy atom. The molecule has 5 aromatic rings. The van der Waals surface area contributed by atoms with E-state index in [1.54, 1.807) is 78.9 Å². The second kappa shape index (κ2) is 25.6. The van der Waals surface area contributed by atoms with Gasteiger partial charge in [-0.25, -0.2) is 9.59 Å². The van der Waals surface area contributed by atoms with Crippen LogP contribution in [0.1, 0.15) is 59.2 Å². The van der Waals surface area contributed by atoms with Crippen LogP contribution in [0.2, 0.25) is 0 Å². The molecule has 0 N–H and O–H groups in total. The Morgan fingerprint density at radius 3 is 1.15 bits per heavy atom. The molecular weight excluding hydrogens is 761 g/mol. The second-order valence-corrected chi connectivity index (χ2v) is 13.3. The zero-order valence-electron chi connectivity index (χ0n) is 33.7. The number of esters is 2. The molecule has 0 radical (unpaired) electrons. The van der Waals surface area contributed by atoms with Crippen molar-refractivity contribution in [3.63, 3.8) is 0 Å². The number of hydrogen-bond donors (Lipinski definition) is 0. The highest BCUT2D eigenvalue weighted by molar-refractivity contribution is 5.92.